The zero-order valence-electron chi connectivity index (χ0n) is 14.2. The van der Waals surface area contributed by atoms with E-state index in [-0.39, 0.29) is 11.5 Å². The second-order valence-electron chi connectivity index (χ2n) is 5.74. The van der Waals surface area contributed by atoms with Crippen LogP contribution in [0.2, 0.25) is 0 Å². The number of benzene rings is 1. The van der Waals surface area contributed by atoms with Gasteiger partial charge in [-0.05, 0) is 43.7 Å². The van der Waals surface area contributed by atoms with E-state index in [1.807, 2.05) is 25.1 Å². The van der Waals surface area contributed by atoms with Crippen LogP contribution in [0.1, 0.15) is 12.5 Å². The summed E-state index contributed by atoms with van der Waals surface area (Å²) in [6.07, 6.45) is 1.65. The maximum Gasteiger partial charge on any atom is 0.261 e. The highest BCUT2D eigenvalue weighted by molar-refractivity contribution is 8.00. The molecule has 0 saturated heterocycles. The number of thioether (sulfide) groups is 1. The summed E-state index contributed by atoms with van der Waals surface area (Å²) in [5, 5.41) is 3.43. The van der Waals surface area contributed by atoms with Crippen molar-refractivity contribution in [3.63, 3.8) is 0 Å². The average molecular weight is 354 g/mol. The maximum absolute atomic E-state index is 12.4. The number of aryl methyl sites for hydroxylation is 1. The molecule has 0 saturated carbocycles. The number of carbonyl (C=O) groups is 1. The first-order valence-electron chi connectivity index (χ1n) is 7.81. The molecule has 25 heavy (non-hydrogen) atoms. The third-order valence-electron chi connectivity index (χ3n) is 3.76. The highest BCUT2D eigenvalue weighted by Gasteiger charge is 2.18. The molecule has 3 rings (SSSR count). The molecule has 128 valence electrons. The molecule has 2 aromatic heterocycles. The minimum absolute atomic E-state index is 0.124. The number of rotatable bonds is 4. The van der Waals surface area contributed by atoms with Crippen LogP contribution in [0.15, 0.2) is 52.5 Å². The van der Waals surface area contributed by atoms with Crippen molar-refractivity contribution >= 4 is 34.4 Å². The van der Waals surface area contributed by atoms with Crippen molar-refractivity contribution in [3.8, 4) is 0 Å². The second kappa shape index (κ2) is 7.06. The van der Waals surface area contributed by atoms with E-state index in [2.05, 4.69) is 15.3 Å². The van der Waals surface area contributed by atoms with Gasteiger partial charge in [-0.2, -0.15) is 0 Å². The fourth-order valence-electron chi connectivity index (χ4n) is 2.35. The number of aromatic nitrogens is 3. The lowest BCUT2D eigenvalue weighted by atomic mass is 10.2. The monoisotopic (exact) mass is 354 g/mol. The highest BCUT2D eigenvalue weighted by Crippen LogP contribution is 2.22. The largest absolute Gasteiger partial charge is 0.310 e. The zero-order valence-corrected chi connectivity index (χ0v) is 15.0. The van der Waals surface area contributed by atoms with Crippen molar-refractivity contribution in [1.82, 2.24) is 14.5 Å². The van der Waals surface area contributed by atoms with Crippen molar-refractivity contribution in [1.29, 1.82) is 0 Å². The highest BCUT2D eigenvalue weighted by atomic mass is 32.2. The Morgan fingerprint density at radius 3 is 2.80 bits per heavy atom. The zero-order chi connectivity index (χ0) is 18.0. The molecule has 0 spiro atoms. The fourth-order valence-corrected chi connectivity index (χ4v) is 3.22. The van der Waals surface area contributed by atoms with Crippen molar-refractivity contribution in [2.75, 3.05) is 5.32 Å². The lowest BCUT2D eigenvalue weighted by Crippen LogP contribution is -2.26. The van der Waals surface area contributed by atoms with Crippen molar-refractivity contribution in [2.45, 2.75) is 24.3 Å². The van der Waals surface area contributed by atoms with Gasteiger partial charge in [0.2, 0.25) is 5.91 Å². The van der Waals surface area contributed by atoms with Crippen LogP contribution >= 0.6 is 11.8 Å². The first-order chi connectivity index (χ1) is 12.0. The van der Waals surface area contributed by atoms with Gasteiger partial charge in [0.25, 0.3) is 5.56 Å². The maximum atomic E-state index is 12.4. The van der Waals surface area contributed by atoms with E-state index in [9.17, 15) is 9.59 Å². The Kier molecular flexibility index (Phi) is 4.85. The fraction of sp³-hybridized carbons (Fsp3) is 0.222. The smallest absolute Gasteiger partial charge is 0.261 e. The van der Waals surface area contributed by atoms with Gasteiger partial charge in [0.1, 0.15) is 5.82 Å². The van der Waals surface area contributed by atoms with Gasteiger partial charge in [0.05, 0.1) is 16.2 Å². The van der Waals surface area contributed by atoms with Crippen LogP contribution in [0, 0.1) is 6.92 Å². The van der Waals surface area contributed by atoms with E-state index in [1.54, 1.807) is 38.4 Å². The van der Waals surface area contributed by atoms with Crippen molar-refractivity contribution < 1.29 is 4.79 Å². The lowest BCUT2D eigenvalue weighted by molar-refractivity contribution is -0.115. The molecular formula is C18H18N4O2S. The van der Waals surface area contributed by atoms with Crippen LogP contribution in [0.25, 0.3) is 10.9 Å². The summed E-state index contributed by atoms with van der Waals surface area (Å²) >= 11 is 1.24. The number of nitrogens with zero attached hydrogens (tertiary/aromatic N) is 3. The molecule has 3 aromatic rings. The Morgan fingerprint density at radius 2 is 2.04 bits per heavy atom. The van der Waals surface area contributed by atoms with Gasteiger partial charge in [-0.1, -0.05) is 23.9 Å². The summed E-state index contributed by atoms with van der Waals surface area (Å²) in [5.74, 6) is 0.323. The quantitative estimate of drug-likeness (QED) is 0.576. The third-order valence-corrected chi connectivity index (χ3v) is 4.90. The predicted octanol–water partition coefficient (Wildman–Crippen LogP) is 2.76. The van der Waals surface area contributed by atoms with Gasteiger partial charge < -0.3 is 5.32 Å². The van der Waals surface area contributed by atoms with Gasteiger partial charge in [0.15, 0.2) is 5.16 Å². The number of carbonyl (C=O) groups excluding carboxylic acids is 1. The lowest BCUT2D eigenvalue weighted by Gasteiger charge is -2.14. The molecule has 1 unspecified atom stereocenters. The van der Waals surface area contributed by atoms with E-state index < -0.39 is 5.25 Å². The molecule has 0 fully saturated rings. The molecule has 0 radical (unpaired) electrons. The molecule has 6 nitrogen and oxygen atoms in total. The van der Waals surface area contributed by atoms with Crippen LogP contribution in [-0.2, 0) is 11.8 Å². The standard InChI is InChI=1S/C18H18N4O2S/c1-11-8-9-19-15(10-11)21-16(23)12(2)25-18-20-14-7-5-4-6-13(14)17(24)22(18)3/h4-10,12H,1-3H3,(H,19,21,23). The first kappa shape index (κ1) is 17.2. The first-order valence-corrected chi connectivity index (χ1v) is 8.69. The summed E-state index contributed by atoms with van der Waals surface area (Å²) in [7, 11) is 1.66. The van der Waals surface area contributed by atoms with Gasteiger partial charge in [-0.15, -0.1) is 0 Å². The minimum atomic E-state index is -0.429. The number of para-hydroxylation sites is 1. The van der Waals surface area contributed by atoms with Crippen molar-refractivity contribution in [2.24, 2.45) is 7.05 Å². The Labute approximate surface area is 149 Å². The van der Waals surface area contributed by atoms with Gasteiger partial charge >= 0.3 is 0 Å². The van der Waals surface area contributed by atoms with Gasteiger partial charge in [-0.3, -0.25) is 14.2 Å². The molecule has 0 aliphatic carbocycles. The second-order valence-corrected chi connectivity index (χ2v) is 7.05. The Balaban J connectivity index is 1.82. The number of pyridine rings is 1. The summed E-state index contributed by atoms with van der Waals surface area (Å²) < 4.78 is 1.47. The summed E-state index contributed by atoms with van der Waals surface area (Å²) in [6, 6.07) is 10.9. The molecule has 1 aromatic carbocycles. The van der Waals surface area contributed by atoms with E-state index >= 15 is 0 Å². The number of amides is 1. The number of hydrogen-bond acceptors (Lipinski definition) is 5. The number of fused-ring (bicyclic) bond motifs is 1. The Bertz CT molecular complexity index is 1000. The molecule has 2 heterocycles. The molecule has 7 heteroatoms. The van der Waals surface area contributed by atoms with Crippen LogP contribution < -0.4 is 10.9 Å². The Morgan fingerprint density at radius 1 is 1.28 bits per heavy atom. The number of anilines is 1. The topological polar surface area (TPSA) is 76.9 Å². The normalized spacial score (nSPS) is 12.1. The summed E-state index contributed by atoms with van der Waals surface area (Å²) in [5.41, 5.74) is 1.52. The number of nitrogens with one attached hydrogen (secondary N) is 1. The van der Waals surface area contributed by atoms with Crippen LogP contribution in [0.3, 0.4) is 0 Å². The van der Waals surface area contributed by atoms with E-state index in [4.69, 9.17) is 0 Å². The molecule has 1 N–H and O–H groups in total. The molecule has 1 atom stereocenters. The predicted molar refractivity (Wildman–Crippen MR) is 99.9 cm³/mol. The molecular weight excluding hydrogens is 336 g/mol. The molecule has 0 bridgehead atoms. The van der Waals surface area contributed by atoms with Gasteiger partial charge in [0, 0.05) is 13.2 Å². The molecule has 0 aliphatic rings. The van der Waals surface area contributed by atoms with Crippen LogP contribution in [-0.4, -0.2) is 25.7 Å². The molecule has 0 aliphatic heterocycles. The van der Waals surface area contributed by atoms with Gasteiger partial charge in [-0.25, -0.2) is 9.97 Å². The van der Waals surface area contributed by atoms with E-state index in [1.165, 1.54) is 16.3 Å². The SMILES string of the molecule is Cc1ccnc(NC(=O)C(C)Sc2nc3ccccc3c(=O)n2C)c1. The van der Waals surface area contributed by atoms with Crippen LogP contribution in [0.4, 0.5) is 5.82 Å². The van der Waals surface area contributed by atoms with Crippen molar-refractivity contribution in [3.05, 3.63) is 58.5 Å². The Hall–Kier alpha value is -2.67. The van der Waals surface area contributed by atoms with E-state index in [0.29, 0.717) is 21.9 Å². The minimum Gasteiger partial charge on any atom is -0.310 e. The van der Waals surface area contributed by atoms with E-state index in [0.717, 1.165) is 5.56 Å². The average Bonchev–Trinajstić information content (AvgIpc) is 2.59. The third kappa shape index (κ3) is 3.71. The number of hydrogen-bond donors (Lipinski definition) is 1. The van der Waals surface area contributed by atoms with Crippen LogP contribution in [0.5, 0.6) is 0 Å². The summed E-state index contributed by atoms with van der Waals surface area (Å²) in [4.78, 5) is 33.5. The molecule has 1 amide bonds. The summed E-state index contributed by atoms with van der Waals surface area (Å²) in [6.45, 7) is 3.71.